The van der Waals surface area contributed by atoms with Crippen molar-refractivity contribution in [3.05, 3.63) is 75.8 Å². The van der Waals surface area contributed by atoms with Gasteiger partial charge in [-0.15, -0.1) is 0 Å². The Bertz CT molecular complexity index is 996. The van der Waals surface area contributed by atoms with E-state index in [0.717, 1.165) is 17.1 Å². The maximum absolute atomic E-state index is 12.5. The molecule has 5 nitrogen and oxygen atoms in total. The highest BCUT2D eigenvalue weighted by atomic mass is 32.2. The third kappa shape index (κ3) is 4.98. The predicted octanol–water partition coefficient (Wildman–Crippen LogP) is 3.06. The number of carbonyl (C=O) groups is 1. The van der Waals surface area contributed by atoms with Crippen molar-refractivity contribution in [3.8, 4) is 0 Å². The van der Waals surface area contributed by atoms with Crippen LogP contribution in [0, 0.1) is 13.8 Å². The van der Waals surface area contributed by atoms with Gasteiger partial charge in [-0.3, -0.25) is 14.2 Å². The van der Waals surface area contributed by atoms with Gasteiger partial charge in [-0.05, 0) is 31.0 Å². The van der Waals surface area contributed by atoms with Crippen molar-refractivity contribution < 1.29 is 4.79 Å². The average molecular weight is 382 g/mol. The Morgan fingerprint density at radius 3 is 2.70 bits per heavy atom. The standard InChI is InChI=1S/C21H23N3O2S/c1-15-6-8-17(9-7-15)13-27-11-10-22-19(25)12-24-14-23-20-16(2)4-3-5-18(20)21(24)26/h3-9,14H,10-13H2,1-2H3,(H,22,25). The summed E-state index contributed by atoms with van der Waals surface area (Å²) in [5, 5.41) is 3.41. The van der Waals surface area contributed by atoms with E-state index in [1.165, 1.54) is 22.0 Å². The van der Waals surface area contributed by atoms with Crippen LogP contribution in [0.2, 0.25) is 0 Å². The predicted molar refractivity (Wildman–Crippen MR) is 111 cm³/mol. The molecule has 0 spiro atoms. The fraction of sp³-hybridized carbons (Fsp3) is 0.286. The molecule has 0 saturated carbocycles. The van der Waals surface area contributed by atoms with Crippen molar-refractivity contribution in [2.24, 2.45) is 0 Å². The summed E-state index contributed by atoms with van der Waals surface area (Å²) in [6.45, 7) is 4.55. The number of nitrogens with one attached hydrogen (secondary N) is 1. The highest BCUT2D eigenvalue weighted by Gasteiger charge is 2.09. The van der Waals surface area contributed by atoms with Crippen LogP contribution in [0.25, 0.3) is 10.9 Å². The Morgan fingerprint density at radius 1 is 1.15 bits per heavy atom. The molecule has 6 heteroatoms. The van der Waals surface area contributed by atoms with E-state index >= 15 is 0 Å². The number of aryl methyl sites for hydroxylation is 2. The molecule has 0 saturated heterocycles. The molecule has 1 aromatic heterocycles. The summed E-state index contributed by atoms with van der Waals surface area (Å²) >= 11 is 1.77. The Labute approximate surface area is 162 Å². The first-order chi connectivity index (χ1) is 13.0. The highest BCUT2D eigenvalue weighted by Crippen LogP contribution is 2.12. The number of hydrogen-bond acceptors (Lipinski definition) is 4. The van der Waals surface area contributed by atoms with Crippen molar-refractivity contribution in [2.75, 3.05) is 12.3 Å². The summed E-state index contributed by atoms with van der Waals surface area (Å²) < 4.78 is 1.36. The molecule has 0 bridgehead atoms. The molecule has 0 atom stereocenters. The smallest absolute Gasteiger partial charge is 0.261 e. The number of rotatable bonds is 7. The average Bonchev–Trinajstić information content (AvgIpc) is 2.66. The van der Waals surface area contributed by atoms with Gasteiger partial charge in [0, 0.05) is 18.1 Å². The first-order valence-corrected chi connectivity index (χ1v) is 10.0. The van der Waals surface area contributed by atoms with Crippen molar-refractivity contribution in [1.82, 2.24) is 14.9 Å². The Morgan fingerprint density at radius 2 is 1.93 bits per heavy atom. The second kappa shape index (κ2) is 8.86. The van der Waals surface area contributed by atoms with Gasteiger partial charge in [-0.25, -0.2) is 4.98 Å². The van der Waals surface area contributed by atoms with Gasteiger partial charge < -0.3 is 5.32 Å². The Hall–Kier alpha value is -2.60. The minimum absolute atomic E-state index is 0.0155. The monoisotopic (exact) mass is 381 g/mol. The number of para-hydroxylation sites is 1. The summed E-state index contributed by atoms with van der Waals surface area (Å²) in [6.07, 6.45) is 1.45. The lowest BCUT2D eigenvalue weighted by Gasteiger charge is -2.09. The highest BCUT2D eigenvalue weighted by molar-refractivity contribution is 7.98. The van der Waals surface area contributed by atoms with Gasteiger partial charge in [0.1, 0.15) is 6.54 Å². The van der Waals surface area contributed by atoms with Crippen LogP contribution in [0.1, 0.15) is 16.7 Å². The fourth-order valence-electron chi connectivity index (χ4n) is 2.80. The number of aromatic nitrogens is 2. The SMILES string of the molecule is Cc1ccc(CSCCNC(=O)Cn2cnc3c(C)cccc3c2=O)cc1. The number of amides is 1. The molecule has 1 heterocycles. The van der Waals surface area contributed by atoms with Gasteiger partial charge in [0.25, 0.3) is 5.56 Å². The number of thioether (sulfide) groups is 1. The Balaban J connectivity index is 1.48. The van der Waals surface area contributed by atoms with Gasteiger partial charge in [0.2, 0.25) is 5.91 Å². The van der Waals surface area contributed by atoms with E-state index in [1.807, 2.05) is 19.1 Å². The van der Waals surface area contributed by atoms with E-state index in [0.29, 0.717) is 17.4 Å². The Kier molecular flexibility index (Phi) is 6.29. The zero-order chi connectivity index (χ0) is 19.2. The van der Waals surface area contributed by atoms with E-state index in [2.05, 4.69) is 41.5 Å². The van der Waals surface area contributed by atoms with E-state index in [1.54, 1.807) is 17.8 Å². The van der Waals surface area contributed by atoms with E-state index in [-0.39, 0.29) is 18.0 Å². The summed E-state index contributed by atoms with van der Waals surface area (Å²) in [5.41, 5.74) is 3.98. The van der Waals surface area contributed by atoms with Crippen LogP contribution >= 0.6 is 11.8 Å². The molecular weight excluding hydrogens is 358 g/mol. The molecule has 0 radical (unpaired) electrons. The molecule has 1 amide bonds. The van der Waals surface area contributed by atoms with Crippen LogP contribution < -0.4 is 10.9 Å². The lowest BCUT2D eigenvalue weighted by Crippen LogP contribution is -2.33. The van der Waals surface area contributed by atoms with Crippen LogP contribution in [0.4, 0.5) is 0 Å². The molecule has 0 aliphatic carbocycles. The van der Waals surface area contributed by atoms with Gasteiger partial charge in [0.05, 0.1) is 17.2 Å². The molecule has 0 aliphatic heterocycles. The molecule has 27 heavy (non-hydrogen) atoms. The molecule has 0 fully saturated rings. The van der Waals surface area contributed by atoms with Crippen LogP contribution in [0.15, 0.2) is 53.6 Å². The van der Waals surface area contributed by atoms with Crippen molar-refractivity contribution >= 4 is 28.6 Å². The third-order valence-electron chi connectivity index (χ3n) is 4.33. The maximum atomic E-state index is 12.5. The number of fused-ring (bicyclic) bond motifs is 1. The molecule has 0 aliphatic rings. The van der Waals surface area contributed by atoms with Gasteiger partial charge in [-0.2, -0.15) is 11.8 Å². The van der Waals surface area contributed by atoms with Gasteiger partial charge in [-0.1, -0.05) is 42.0 Å². The topological polar surface area (TPSA) is 64.0 Å². The number of carbonyl (C=O) groups excluding carboxylic acids is 1. The van der Waals surface area contributed by atoms with E-state index in [9.17, 15) is 9.59 Å². The largest absolute Gasteiger partial charge is 0.354 e. The van der Waals surface area contributed by atoms with Crippen molar-refractivity contribution in [2.45, 2.75) is 26.1 Å². The first kappa shape index (κ1) is 19.2. The summed E-state index contributed by atoms with van der Waals surface area (Å²) in [6, 6.07) is 14.0. The zero-order valence-electron chi connectivity index (χ0n) is 15.6. The summed E-state index contributed by atoms with van der Waals surface area (Å²) in [4.78, 5) is 29.0. The number of hydrogen-bond donors (Lipinski definition) is 1. The molecule has 2 aromatic carbocycles. The second-order valence-electron chi connectivity index (χ2n) is 6.54. The van der Waals surface area contributed by atoms with Gasteiger partial charge in [0.15, 0.2) is 0 Å². The fourth-order valence-corrected chi connectivity index (χ4v) is 3.62. The first-order valence-electron chi connectivity index (χ1n) is 8.89. The minimum atomic E-state index is -0.187. The van der Waals surface area contributed by atoms with E-state index < -0.39 is 0 Å². The van der Waals surface area contributed by atoms with Crippen LogP contribution in [0.5, 0.6) is 0 Å². The van der Waals surface area contributed by atoms with Crippen LogP contribution in [-0.2, 0) is 17.1 Å². The number of nitrogens with zero attached hydrogens (tertiary/aromatic N) is 2. The van der Waals surface area contributed by atoms with Crippen molar-refractivity contribution in [3.63, 3.8) is 0 Å². The number of benzene rings is 2. The van der Waals surface area contributed by atoms with Crippen LogP contribution in [0.3, 0.4) is 0 Å². The maximum Gasteiger partial charge on any atom is 0.261 e. The zero-order valence-corrected chi connectivity index (χ0v) is 16.4. The molecular formula is C21H23N3O2S. The molecule has 1 N–H and O–H groups in total. The summed E-state index contributed by atoms with van der Waals surface area (Å²) in [7, 11) is 0. The van der Waals surface area contributed by atoms with Crippen LogP contribution in [-0.4, -0.2) is 27.8 Å². The quantitative estimate of drug-likeness (QED) is 0.639. The lowest BCUT2D eigenvalue weighted by atomic mass is 10.1. The molecule has 140 valence electrons. The minimum Gasteiger partial charge on any atom is -0.354 e. The van der Waals surface area contributed by atoms with Crippen molar-refractivity contribution in [1.29, 1.82) is 0 Å². The molecule has 3 rings (SSSR count). The van der Waals surface area contributed by atoms with E-state index in [4.69, 9.17) is 0 Å². The third-order valence-corrected chi connectivity index (χ3v) is 5.36. The summed E-state index contributed by atoms with van der Waals surface area (Å²) in [5.74, 6) is 1.56. The second-order valence-corrected chi connectivity index (χ2v) is 7.64. The van der Waals surface area contributed by atoms with Gasteiger partial charge >= 0.3 is 0 Å². The molecule has 3 aromatic rings. The molecule has 0 unspecified atom stereocenters. The normalized spacial score (nSPS) is 10.9. The lowest BCUT2D eigenvalue weighted by molar-refractivity contribution is -0.121.